The lowest BCUT2D eigenvalue weighted by Crippen LogP contribution is -2.28. The molecule has 0 aliphatic rings. The van der Waals surface area contributed by atoms with E-state index in [4.69, 9.17) is 0 Å². The van der Waals surface area contributed by atoms with E-state index in [0.717, 1.165) is 5.56 Å². The van der Waals surface area contributed by atoms with Crippen LogP contribution < -0.4 is 5.32 Å². The molecule has 0 saturated carbocycles. The third kappa shape index (κ3) is 3.18. The van der Waals surface area contributed by atoms with Crippen LogP contribution >= 0.6 is 12.4 Å². The third-order valence-electron chi connectivity index (χ3n) is 2.14. The van der Waals surface area contributed by atoms with E-state index in [1.54, 1.807) is 31.3 Å². The second-order valence-corrected chi connectivity index (χ2v) is 3.12. The average Bonchev–Trinajstić information content (AvgIpc) is 2.15. The van der Waals surface area contributed by atoms with E-state index in [2.05, 4.69) is 5.32 Å². The van der Waals surface area contributed by atoms with Crippen molar-refractivity contribution in [3.63, 3.8) is 0 Å². The molecule has 4 heteroatoms. The van der Waals surface area contributed by atoms with Gasteiger partial charge in [-0.15, -0.1) is 12.4 Å². The van der Waals surface area contributed by atoms with Crippen molar-refractivity contribution in [3.05, 3.63) is 29.8 Å². The highest BCUT2D eigenvalue weighted by Gasteiger charge is 2.14. The molecule has 1 aromatic rings. The lowest BCUT2D eigenvalue weighted by molar-refractivity contribution is 0.140. The number of hydrogen-bond acceptors (Lipinski definition) is 3. The van der Waals surface area contributed by atoms with Gasteiger partial charge < -0.3 is 15.5 Å². The molecule has 80 valence electrons. The van der Waals surface area contributed by atoms with Crippen LogP contribution in [0.1, 0.15) is 18.6 Å². The Morgan fingerprint density at radius 1 is 1.36 bits per heavy atom. The first kappa shape index (κ1) is 13.2. The average molecular weight is 218 g/mol. The largest absolute Gasteiger partial charge is 0.508 e. The Balaban J connectivity index is 0.00000169. The Morgan fingerprint density at radius 2 is 2.00 bits per heavy atom. The Kier molecular flexibility index (Phi) is 5.53. The zero-order chi connectivity index (χ0) is 9.84. The predicted molar refractivity (Wildman–Crippen MR) is 58.8 cm³/mol. The van der Waals surface area contributed by atoms with Gasteiger partial charge in [0.2, 0.25) is 0 Å². The molecule has 0 aliphatic heterocycles. The summed E-state index contributed by atoms with van der Waals surface area (Å²) in [5.41, 5.74) is 0.724. The molecule has 0 unspecified atom stereocenters. The molecule has 0 bridgehead atoms. The molecular weight excluding hydrogens is 202 g/mol. The van der Waals surface area contributed by atoms with Gasteiger partial charge >= 0.3 is 0 Å². The van der Waals surface area contributed by atoms with Gasteiger partial charge in [-0.25, -0.2) is 0 Å². The summed E-state index contributed by atoms with van der Waals surface area (Å²) in [5, 5.41) is 21.9. The number of rotatable bonds is 3. The lowest BCUT2D eigenvalue weighted by atomic mass is 10.0. The summed E-state index contributed by atoms with van der Waals surface area (Å²) in [6.45, 7) is 1.88. The molecule has 0 amide bonds. The zero-order valence-corrected chi connectivity index (χ0v) is 9.08. The minimum atomic E-state index is -0.586. The SMILES string of the molecule is CN[C@@H](C)[C@H](O)c1cccc(O)c1.Cl. The first-order valence-corrected chi connectivity index (χ1v) is 4.29. The molecule has 0 saturated heterocycles. The molecule has 0 radical (unpaired) electrons. The normalized spacial score (nSPS) is 14.2. The van der Waals surface area contributed by atoms with Gasteiger partial charge in [-0.2, -0.15) is 0 Å². The van der Waals surface area contributed by atoms with Crippen LogP contribution in [0.3, 0.4) is 0 Å². The first-order chi connectivity index (χ1) is 6.15. The van der Waals surface area contributed by atoms with Gasteiger partial charge in [-0.05, 0) is 31.7 Å². The highest BCUT2D eigenvalue weighted by atomic mass is 35.5. The number of halogens is 1. The lowest BCUT2D eigenvalue weighted by Gasteiger charge is -2.18. The summed E-state index contributed by atoms with van der Waals surface area (Å²) in [6, 6.07) is 6.63. The van der Waals surface area contributed by atoms with Crippen molar-refractivity contribution >= 4 is 12.4 Å². The van der Waals surface area contributed by atoms with Crippen molar-refractivity contribution in [1.29, 1.82) is 0 Å². The fraction of sp³-hybridized carbons (Fsp3) is 0.400. The van der Waals surface area contributed by atoms with Crippen molar-refractivity contribution < 1.29 is 10.2 Å². The summed E-state index contributed by atoms with van der Waals surface area (Å²) in [4.78, 5) is 0. The highest BCUT2D eigenvalue weighted by molar-refractivity contribution is 5.85. The maximum Gasteiger partial charge on any atom is 0.115 e. The molecule has 0 spiro atoms. The summed E-state index contributed by atoms with van der Waals surface area (Å²) in [5.74, 6) is 0.180. The number of benzene rings is 1. The summed E-state index contributed by atoms with van der Waals surface area (Å²) >= 11 is 0. The Morgan fingerprint density at radius 3 is 2.50 bits per heavy atom. The van der Waals surface area contributed by atoms with Crippen molar-refractivity contribution in [2.24, 2.45) is 0 Å². The fourth-order valence-corrected chi connectivity index (χ4v) is 1.16. The van der Waals surface area contributed by atoms with Crippen LogP contribution in [-0.4, -0.2) is 23.3 Å². The molecule has 3 nitrogen and oxygen atoms in total. The van der Waals surface area contributed by atoms with E-state index in [1.165, 1.54) is 0 Å². The van der Waals surface area contributed by atoms with Crippen molar-refractivity contribution in [2.75, 3.05) is 7.05 Å². The third-order valence-corrected chi connectivity index (χ3v) is 2.14. The van der Waals surface area contributed by atoms with Gasteiger partial charge in [0.05, 0.1) is 6.10 Å². The molecule has 0 aromatic heterocycles. The van der Waals surface area contributed by atoms with Crippen LogP contribution in [0.4, 0.5) is 0 Å². The van der Waals surface area contributed by atoms with E-state index < -0.39 is 6.10 Å². The minimum Gasteiger partial charge on any atom is -0.508 e. The number of hydrogen-bond donors (Lipinski definition) is 3. The van der Waals surface area contributed by atoms with Gasteiger partial charge in [-0.1, -0.05) is 12.1 Å². The molecule has 3 N–H and O–H groups in total. The van der Waals surface area contributed by atoms with E-state index in [9.17, 15) is 10.2 Å². The van der Waals surface area contributed by atoms with Crippen molar-refractivity contribution in [1.82, 2.24) is 5.32 Å². The van der Waals surface area contributed by atoms with Crippen LogP contribution in [0.5, 0.6) is 5.75 Å². The molecule has 2 atom stereocenters. The Bertz CT molecular complexity index is 281. The minimum absolute atomic E-state index is 0. The summed E-state index contributed by atoms with van der Waals surface area (Å²) in [7, 11) is 1.79. The standard InChI is InChI=1S/C10H15NO2.ClH/c1-7(11-2)10(13)8-4-3-5-9(12)6-8;/h3-7,10-13H,1-2H3;1H/t7-,10-;/m0./s1. The summed E-state index contributed by atoms with van der Waals surface area (Å²) in [6.07, 6.45) is -0.586. The number of phenolic OH excluding ortho intramolecular Hbond substituents is 1. The Hall–Kier alpha value is -0.770. The molecule has 1 aromatic carbocycles. The van der Waals surface area contributed by atoms with Crippen LogP contribution in [0, 0.1) is 0 Å². The van der Waals surface area contributed by atoms with Crippen LogP contribution in [-0.2, 0) is 0 Å². The first-order valence-electron chi connectivity index (χ1n) is 4.29. The zero-order valence-electron chi connectivity index (χ0n) is 8.27. The number of phenols is 1. The van der Waals surface area contributed by atoms with Gasteiger partial charge in [0.1, 0.15) is 5.75 Å². The van der Waals surface area contributed by atoms with Gasteiger partial charge in [0.25, 0.3) is 0 Å². The van der Waals surface area contributed by atoms with Gasteiger partial charge in [-0.3, -0.25) is 0 Å². The van der Waals surface area contributed by atoms with E-state index in [0.29, 0.717) is 0 Å². The van der Waals surface area contributed by atoms with E-state index in [-0.39, 0.29) is 24.2 Å². The van der Waals surface area contributed by atoms with Crippen LogP contribution in [0.2, 0.25) is 0 Å². The maximum absolute atomic E-state index is 9.74. The molecule has 0 heterocycles. The van der Waals surface area contributed by atoms with Gasteiger partial charge in [0.15, 0.2) is 0 Å². The molecular formula is C10H16ClNO2. The van der Waals surface area contributed by atoms with E-state index in [1.807, 2.05) is 6.92 Å². The molecule has 0 fully saturated rings. The predicted octanol–water partition coefficient (Wildman–Crippen LogP) is 1.46. The van der Waals surface area contributed by atoms with Gasteiger partial charge in [0, 0.05) is 6.04 Å². The summed E-state index contributed by atoms with van der Waals surface area (Å²) < 4.78 is 0. The second-order valence-electron chi connectivity index (χ2n) is 3.12. The monoisotopic (exact) mass is 217 g/mol. The fourth-order valence-electron chi connectivity index (χ4n) is 1.16. The van der Waals surface area contributed by atoms with Crippen LogP contribution in [0.25, 0.3) is 0 Å². The smallest absolute Gasteiger partial charge is 0.115 e. The quantitative estimate of drug-likeness (QED) is 0.719. The highest BCUT2D eigenvalue weighted by Crippen LogP contribution is 2.20. The number of aliphatic hydroxyl groups excluding tert-OH is 1. The Labute approximate surface area is 90.2 Å². The number of aromatic hydroxyl groups is 1. The molecule has 14 heavy (non-hydrogen) atoms. The number of aliphatic hydroxyl groups is 1. The number of nitrogens with one attached hydrogen (secondary N) is 1. The van der Waals surface area contributed by atoms with Crippen molar-refractivity contribution in [3.8, 4) is 5.75 Å². The topological polar surface area (TPSA) is 52.5 Å². The molecule has 0 aliphatic carbocycles. The second kappa shape index (κ2) is 5.86. The van der Waals surface area contributed by atoms with Crippen molar-refractivity contribution in [2.45, 2.75) is 19.1 Å². The van der Waals surface area contributed by atoms with E-state index >= 15 is 0 Å². The molecule has 1 rings (SSSR count). The maximum atomic E-state index is 9.74. The number of likely N-dealkylation sites (N-methyl/N-ethyl adjacent to an activating group) is 1. The van der Waals surface area contributed by atoms with Crippen LogP contribution in [0.15, 0.2) is 24.3 Å².